The second kappa shape index (κ2) is 7.49. The maximum atomic E-state index is 10.5. The lowest BCUT2D eigenvalue weighted by atomic mass is 10.0. The fourth-order valence-corrected chi connectivity index (χ4v) is 3.01. The van der Waals surface area contributed by atoms with E-state index in [1.807, 2.05) is 4.68 Å². The lowest BCUT2D eigenvalue weighted by Gasteiger charge is -2.27. The molecule has 0 saturated carbocycles. The third-order valence-corrected chi connectivity index (χ3v) is 4.61. The van der Waals surface area contributed by atoms with Gasteiger partial charge in [0.1, 0.15) is 17.2 Å². The Hall–Kier alpha value is -2.35. The number of guanidine groups is 1. The molecule has 2 unspecified atom stereocenters. The number of aliphatic imine (C=N–C) groups is 1. The van der Waals surface area contributed by atoms with Gasteiger partial charge in [0, 0.05) is 25.4 Å². The minimum atomic E-state index is -1.11. The van der Waals surface area contributed by atoms with E-state index < -0.39 is 5.60 Å². The highest BCUT2D eigenvalue weighted by Gasteiger charge is 2.27. The van der Waals surface area contributed by atoms with Gasteiger partial charge in [-0.1, -0.05) is 13.8 Å². The van der Waals surface area contributed by atoms with E-state index in [1.165, 1.54) is 0 Å². The molecule has 2 aromatic heterocycles. The summed E-state index contributed by atoms with van der Waals surface area (Å²) < 4.78 is 7.29. The molecule has 0 radical (unpaired) electrons. The van der Waals surface area contributed by atoms with Crippen LogP contribution in [0.15, 0.2) is 27.8 Å². The van der Waals surface area contributed by atoms with Crippen molar-refractivity contribution in [2.75, 3.05) is 13.6 Å². The van der Waals surface area contributed by atoms with Crippen LogP contribution in [0, 0.1) is 0 Å². The molecule has 2 atom stereocenters. The molecule has 0 bridgehead atoms. The summed E-state index contributed by atoms with van der Waals surface area (Å²) in [5.41, 5.74) is -1.11. The van der Waals surface area contributed by atoms with Gasteiger partial charge in [-0.3, -0.25) is 4.99 Å². The van der Waals surface area contributed by atoms with Gasteiger partial charge in [-0.05, 0) is 25.5 Å². The van der Waals surface area contributed by atoms with Crippen LogP contribution in [0.2, 0.25) is 0 Å². The van der Waals surface area contributed by atoms with Crippen molar-refractivity contribution in [1.82, 2.24) is 25.4 Å². The largest absolute Gasteiger partial charge is 0.466 e. The van der Waals surface area contributed by atoms with Gasteiger partial charge < -0.3 is 20.2 Å². The first-order valence-electron chi connectivity index (χ1n) is 9.06. The van der Waals surface area contributed by atoms with Gasteiger partial charge in [0.2, 0.25) is 0 Å². The Morgan fingerprint density at radius 3 is 3.00 bits per heavy atom. The Morgan fingerprint density at radius 1 is 1.54 bits per heavy atom. The van der Waals surface area contributed by atoms with E-state index in [1.54, 1.807) is 32.4 Å². The smallest absolute Gasteiger partial charge is 0.191 e. The molecule has 26 heavy (non-hydrogen) atoms. The Labute approximate surface area is 153 Å². The van der Waals surface area contributed by atoms with Crippen LogP contribution < -0.4 is 10.6 Å². The van der Waals surface area contributed by atoms with Crippen molar-refractivity contribution in [1.29, 1.82) is 0 Å². The number of nitrogens with zero attached hydrogens (tertiary/aromatic N) is 4. The van der Waals surface area contributed by atoms with Crippen molar-refractivity contribution >= 4 is 5.96 Å². The Kier molecular flexibility index (Phi) is 5.31. The summed E-state index contributed by atoms with van der Waals surface area (Å²) in [6.45, 7) is 6.96. The van der Waals surface area contributed by atoms with Crippen molar-refractivity contribution < 1.29 is 9.52 Å². The van der Waals surface area contributed by atoms with Crippen LogP contribution in [0.3, 0.4) is 0 Å². The van der Waals surface area contributed by atoms with Crippen LogP contribution in [-0.4, -0.2) is 45.5 Å². The van der Waals surface area contributed by atoms with Gasteiger partial charge in [-0.2, -0.15) is 5.10 Å². The minimum Gasteiger partial charge on any atom is -0.466 e. The second-order valence-corrected chi connectivity index (χ2v) is 7.28. The molecule has 0 amide bonds. The summed E-state index contributed by atoms with van der Waals surface area (Å²) in [6.07, 6.45) is 3.41. The van der Waals surface area contributed by atoms with E-state index >= 15 is 0 Å². The Bertz CT molecular complexity index is 748. The molecule has 2 aromatic rings. The second-order valence-electron chi connectivity index (χ2n) is 7.28. The fourth-order valence-electron chi connectivity index (χ4n) is 3.01. The number of aromatic nitrogens is 3. The van der Waals surface area contributed by atoms with Crippen LogP contribution in [0.5, 0.6) is 0 Å². The molecular formula is C18H28N6O2. The number of fused-ring (bicyclic) bond motifs is 1. The number of aliphatic hydroxyl groups is 1. The normalized spacial score (nSPS) is 19.9. The van der Waals surface area contributed by atoms with E-state index in [4.69, 9.17) is 4.42 Å². The zero-order chi connectivity index (χ0) is 18.7. The van der Waals surface area contributed by atoms with Crippen molar-refractivity contribution in [3.63, 3.8) is 0 Å². The molecular weight excluding hydrogens is 332 g/mol. The molecule has 1 aliphatic heterocycles. The maximum Gasteiger partial charge on any atom is 0.191 e. The highest BCUT2D eigenvalue weighted by Crippen LogP contribution is 2.20. The van der Waals surface area contributed by atoms with E-state index in [0.717, 1.165) is 31.0 Å². The van der Waals surface area contributed by atoms with Crippen molar-refractivity contribution in [3.8, 4) is 0 Å². The molecule has 0 aromatic carbocycles. The number of furan rings is 1. The summed E-state index contributed by atoms with van der Waals surface area (Å²) in [5.74, 6) is 3.45. The van der Waals surface area contributed by atoms with Crippen LogP contribution in [0.4, 0.5) is 0 Å². The molecule has 0 spiro atoms. The lowest BCUT2D eigenvalue weighted by molar-refractivity contribution is 0.0385. The average Bonchev–Trinajstić information content (AvgIpc) is 3.27. The molecule has 8 heteroatoms. The monoisotopic (exact) mass is 360 g/mol. The summed E-state index contributed by atoms with van der Waals surface area (Å²) in [4.78, 5) is 8.88. The zero-order valence-electron chi connectivity index (χ0n) is 15.9. The highest BCUT2D eigenvalue weighted by molar-refractivity contribution is 5.80. The summed E-state index contributed by atoms with van der Waals surface area (Å²) in [5, 5.41) is 21.7. The van der Waals surface area contributed by atoms with Gasteiger partial charge in [-0.15, -0.1) is 0 Å². The molecule has 3 rings (SSSR count). The first-order chi connectivity index (χ1) is 12.4. The molecule has 8 nitrogen and oxygen atoms in total. The van der Waals surface area contributed by atoms with Crippen molar-refractivity contribution in [2.45, 2.75) is 57.7 Å². The summed E-state index contributed by atoms with van der Waals surface area (Å²) in [7, 11) is 1.72. The van der Waals surface area contributed by atoms with Crippen molar-refractivity contribution in [3.05, 3.63) is 35.8 Å². The van der Waals surface area contributed by atoms with Crippen LogP contribution in [0.1, 0.15) is 50.5 Å². The summed E-state index contributed by atoms with van der Waals surface area (Å²) >= 11 is 0. The van der Waals surface area contributed by atoms with Crippen LogP contribution >= 0.6 is 0 Å². The van der Waals surface area contributed by atoms with E-state index in [0.29, 0.717) is 24.2 Å². The first-order valence-corrected chi connectivity index (χ1v) is 9.06. The standard InChI is InChI=1S/C18H28N6O2/c1-12(2)16-22-15-8-7-13(10-24(15)23-16)21-17(19-4)20-11-18(3,25)14-6-5-9-26-14/h5-6,9,12-13,25H,7-8,10-11H2,1-4H3,(H2,19,20,21). The third-order valence-electron chi connectivity index (χ3n) is 4.61. The van der Waals surface area contributed by atoms with Gasteiger partial charge >= 0.3 is 0 Å². The van der Waals surface area contributed by atoms with Gasteiger partial charge in [0.05, 0.1) is 19.4 Å². The maximum absolute atomic E-state index is 10.5. The van der Waals surface area contributed by atoms with Crippen LogP contribution in [0.25, 0.3) is 0 Å². The molecule has 142 valence electrons. The minimum absolute atomic E-state index is 0.212. The number of nitrogens with one attached hydrogen (secondary N) is 2. The van der Waals surface area contributed by atoms with Gasteiger partial charge in [0.15, 0.2) is 11.8 Å². The lowest BCUT2D eigenvalue weighted by Crippen LogP contribution is -2.50. The molecule has 3 heterocycles. The first kappa shape index (κ1) is 18.4. The van der Waals surface area contributed by atoms with Crippen LogP contribution in [-0.2, 0) is 18.6 Å². The van der Waals surface area contributed by atoms with E-state index in [9.17, 15) is 5.11 Å². The molecule has 0 aliphatic carbocycles. The Balaban J connectivity index is 1.57. The quantitative estimate of drug-likeness (QED) is 0.550. The molecule has 0 saturated heterocycles. The van der Waals surface area contributed by atoms with Gasteiger partial charge in [0.25, 0.3) is 0 Å². The van der Waals surface area contributed by atoms with E-state index in [-0.39, 0.29) is 6.04 Å². The predicted molar refractivity (Wildman–Crippen MR) is 99.0 cm³/mol. The molecule has 1 aliphatic rings. The fraction of sp³-hybridized carbons (Fsp3) is 0.611. The topological polar surface area (TPSA) is 100 Å². The zero-order valence-corrected chi connectivity index (χ0v) is 15.9. The van der Waals surface area contributed by atoms with E-state index in [2.05, 4.69) is 39.6 Å². The number of rotatable bonds is 5. The highest BCUT2D eigenvalue weighted by atomic mass is 16.4. The predicted octanol–water partition coefficient (Wildman–Crippen LogP) is 1.38. The molecule has 3 N–H and O–H groups in total. The van der Waals surface area contributed by atoms with Gasteiger partial charge in [-0.25, -0.2) is 9.67 Å². The summed E-state index contributed by atoms with van der Waals surface area (Å²) in [6, 6.07) is 3.74. The number of aryl methyl sites for hydroxylation is 1. The average molecular weight is 360 g/mol. The molecule has 0 fully saturated rings. The number of hydrogen-bond acceptors (Lipinski definition) is 5. The Morgan fingerprint density at radius 2 is 2.35 bits per heavy atom. The number of hydrogen-bond donors (Lipinski definition) is 3. The third kappa shape index (κ3) is 4.07. The SMILES string of the molecule is CN=C(NCC(C)(O)c1ccco1)NC1CCc2nc(C(C)C)nn2C1. The van der Waals surface area contributed by atoms with Crippen molar-refractivity contribution in [2.24, 2.45) is 4.99 Å².